The van der Waals surface area contributed by atoms with Gasteiger partial charge in [0.05, 0.1) is 5.69 Å². The molecule has 2 nitrogen and oxygen atoms in total. The van der Waals surface area contributed by atoms with E-state index in [0.717, 1.165) is 4.05 Å². The standard InChI is InChI=1S/C6H5Cl2FN2/c7-11(8)10-6-3-1-5(9)2-4-6/h1-4,10H. The molecule has 1 aromatic carbocycles. The second kappa shape index (κ2) is 3.76. The Balaban J connectivity index is 2.66. The fourth-order valence-corrected chi connectivity index (χ4v) is 0.817. The van der Waals surface area contributed by atoms with E-state index in [2.05, 4.69) is 5.43 Å². The summed E-state index contributed by atoms with van der Waals surface area (Å²) in [6, 6.07) is 5.65. The summed E-state index contributed by atoms with van der Waals surface area (Å²) in [6.07, 6.45) is 0. The third kappa shape index (κ3) is 2.93. The Kier molecular flexibility index (Phi) is 2.93. The highest BCUT2D eigenvalue weighted by Gasteiger charge is 1.95. The smallest absolute Gasteiger partial charge is 0.123 e. The predicted molar refractivity (Wildman–Crippen MR) is 43.6 cm³/mol. The van der Waals surface area contributed by atoms with Gasteiger partial charge in [-0.25, -0.2) is 4.39 Å². The Morgan fingerprint density at radius 2 is 1.73 bits per heavy atom. The van der Waals surface area contributed by atoms with Crippen molar-refractivity contribution in [3.63, 3.8) is 0 Å². The molecule has 0 atom stereocenters. The van der Waals surface area contributed by atoms with Gasteiger partial charge >= 0.3 is 0 Å². The van der Waals surface area contributed by atoms with E-state index in [1.54, 1.807) is 0 Å². The summed E-state index contributed by atoms with van der Waals surface area (Å²) in [5, 5.41) is 0. The minimum Gasteiger partial charge on any atom is -0.291 e. The van der Waals surface area contributed by atoms with Gasteiger partial charge in [-0.2, -0.15) is 0 Å². The molecule has 1 aromatic rings. The van der Waals surface area contributed by atoms with Crippen LogP contribution in [0.25, 0.3) is 0 Å². The molecule has 60 valence electrons. The quantitative estimate of drug-likeness (QED) is 0.576. The van der Waals surface area contributed by atoms with Crippen LogP contribution in [0.1, 0.15) is 0 Å². The van der Waals surface area contributed by atoms with Crippen molar-refractivity contribution >= 4 is 29.2 Å². The van der Waals surface area contributed by atoms with E-state index < -0.39 is 0 Å². The number of hydrazine groups is 1. The Bertz CT molecular complexity index is 225. The van der Waals surface area contributed by atoms with Gasteiger partial charge in [0.25, 0.3) is 0 Å². The summed E-state index contributed by atoms with van der Waals surface area (Å²) in [6.45, 7) is 0. The van der Waals surface area contributed by atoms with Crippen molar-refractivity contribution < 1.29 is 4.39 Å². The van der Waals surface area contributed by atoms with Gasteiger partial charge in [0.2, 0.25) is 0 Å². The molecule has 0 saturated carbocycles. The predicted octanol–water partition coefficient (Wildman–Crippen LogP) is 2.76. The number of nitrogens with zero attached hydrogens (tertiary/aromatic N) is 1. The Hall–Kier alpha value is -0.510. The van der Waals surface area contributed by atoms with E-state index in [0.29, 0.717) is 5.69 Å². The van der Waals surface area contributed by atoms with Crippen molar-refractivity contribution in [3.05, 3.63) is 30.1 Å². The molecule has 0 aliphatic heterocycles. The lowest BCUT2D eigenvalue weighted by molar-refractivity contribution is 0.628. The van der Waals surface area contributed by atoms with Crippen LogP contribution in [0.4, 0.5) is 10.1 Å². The molecule has 0 radical (unpaired) electrons. The average Bonchev–Trinajstić information content (AvgIpc) is 1.93. The monoisotopic (exact) mass is 194 g/mol. The molecule has 0 saturated heterocycles. The van der Waals surface area contributed by atoms with Gasteiger partial charge in [-0.3, -0.25) is 5.43 Å². The Labute approximate surface area is 73.7 Å². The lowest BCUT2D eigenvalue weighted by atomic mass is 10.3. The van der Waals surface area contributed by atoms with Crippen LogP contribution in [0.15, 0.2) is 24.3 Å². The van der Waals surface area contributed by atoms with Crippen LogP contribution in [-0.4, -0.2) is 4.05 Å². The highest BCUT2D eigenvalue weighted by atomic mass is 35.5. The summed E-state index contributed by atoms with van der Waals surface area (Å²) in [4.78, 5) is 0. The molecule has 0 aromatic heterocycles. The van der Waals surface area contributed by atoms with Gasteiger partial charge < -0.3 is 0 Å². The highest BCUT2D eigenvalue weighted by molar-refractivity contribution is 6.34. The van der Waals surface area contributed by atoms with E-state index in [1.165, 1.54) is 24.3 Å². The first-order chi connectivity index (χ1) is 5.18. The van der Waals surface area contributed by atoms with Gasteiger partial charge in [-0.15, -0.1) is 0 Å². The molecule has 0 amide bonds. The third-order valence-electron chi connectivity index (χ3n) is 1.06. The SMILES string of the molecule is Fc1ccc(NN(Cl)Cl)cc1. The van der Waals surface area contributed by atoms with Crippen molar-refractivity contribution in [2.45, 2.75) is 0 Å². The van der Waals surface area contributed by atoms with E-state index >= 15 is 0 Å². The normalized spacial score (nSPS) is 10.2. The molecule has 0 heterocycles. The topological polar surface area (TPSA) is 15.3 Å². The molecular formula is C6H5Cl2FN2. The Morgan fingerprint density at radius 3 is 2.18 bits per heavy atom. The number of nitrogens with one attached hydrogen (secondary N) is 1. The molecule has 11 heavy (non-hydrogen) atoms. The molecule has 0 unspecified atom stereocenters. The molecule has 5 heteroatoms. The average molecular weight is 195 g/mol. The summed E-state index contributed by atoms with van der Waals surface area (Å²) < 4.78 is 13.1. The van der Waals surface area contributed by atoms with E-state index in [-0.39, 0.29) is 5.82 Å². The number of halogens is 3. The lowest BCUT2D eigenvalue weighted by Gasteiger charge is -2.06. The summed E-state index contributed by atoms with van der Waals surface area (Å²) in [5.74, 6) is -0.300. The Morgan fingerprint density at radius 1 is 1.18 bits per heavy atom. The zero-order valence-electron chi connectivity index (χ0n) is 5.39. The van der Waals surface area contributed by atoms with Crippen LogP contribution in [0, 0.1) is 5.82 Å². The summed E-state index contributed by atoms with van der Waals surface area (Å²) in [5.41, 5.74) is 3.15. The fourth-order valence-electron chi connectivity index (χ4n) is 0.622. The first-order valence-electron chi connectivity index (χ1n) is 2.82. The van der Waals surface area contributed by atoms with E-state index in [4.69, 9.17) is 23.6 Å². The summed E-state index contributed by atoms with van der Waals surface area (Å²) in [7, 11) is 0. The number of hydrogen-bond acceptors (Lipinski definition) is 2. The maximum Gasteiger partial charge on any atom is 0.123 e. The van der Waals surface area contributed by atoms with Gasteiger partial charge in [0.15, 0.2) is 0 Å². The van der Waals surface area contributed by atoms with Crippen molar-refractivity contribution in [1.29, 1.82) is 0 Å². The lowest BCUT2D eigenvalue weighted by Crippen LogP contribution is -2.06. The molecule has 1 rings (SSSR count). The maximum atomic E-state index is 12.3. The maximum absolute atomic E-state index is 12.3. The summed E-state index contributed by atoms with van der Waals surface area (Å²) >= 11 is 10.5. The molecule has 0 bridgehead atoms. The molecule has 0 fully saturated rings. The third-order valence-corrected chi connectivity index (χ3v) is 1.23. The second-order valence-corrected chi connectivity index (χ2v) is 2.70. The van der Waals surface area contributed by atoms with E-state index in [1.807, 2.05) is 0 Å². The molecule has 1 N–H and O–H groups in total. The number of anilines is 1. The van der Waals surface area contributed by atoms with Crippen LogP contribution in [-0.2, 0) is 0 Å². The van der Waals surface area contributed by atoms with Gasteiger partial charge in [-0.05, 0) is 28.3 Å². The van der Waals surface area contributed by atoms with Gasteiger partial charge in [0.1, 0.15) is 5.82 Å². The van der Waals surface area contributed by atoms with Gasteiger partial charge in [0, 0.05) is 23.6 Å². The minimum absolute atomic E-state index is 0.300. The first kappa shape index (κ1) is 8.59. The highest BCUT2D eigenvalue weighted by Crippen LogP contribution is 2.11. The zero-order chi connectivity index (χ0) is 8.27. The largest absolute Gasteiger partial charge is 0.291 e. The van der Waals surface area contributed by atoms with Crippen LogP contribution < -0.4 is 5.43 Å². The molecule has 0 spiro atoms. The van der Waals surface area contributed by atoms with Crippen LogP contribution in [0.2, 0.25) is 0 Å². The van der Waals surface area contributed by atoms with Crippen molar-refractivity contribution in [2.24, 2.45) is 0 Å². The van der Waals surface area contributed by atoms with Crippen molar-refractivity contribution in [3.8, 4) is 0 Å². The second-order valence-electron chi connectivity index (χ2n) is 1.85. The number of hydrogen-bond donors (Lipinski definition) is 1. The van der Waals surface area contributed by atoms with Crippen molar-refractivity contribution in [1.82, 2.24) is 4.05 Å². The van der Waals surface area contributed by atoms with Crippen LogP contribution >= 0.6 is 23.6 Å². The number of rotatable bonds is 2. The number of benzene rings is 1. The van der Waals surface area contributed by atoms with Gasteiger partial charge in [-0.1, -0.05) is 0 Å². The molecular weight excluding hydrogens is 190 g/mol. The van der Waals surface area contributed by atoms with E-state index in [9.17, 15) is 4.39 Å². The minimum atomic E-state index is -0.300. The zero-order valence-corrected chi connectivity index (χ0v) is 6.90. The van der Waals surface area contributed by atoms with Crippen LogP contribution in [0.5, 0.6) is 0 Å². The fraction of sp³-hybridized carbons (Fsp3) is 0. The molecule has 0 aliphatic rings. The first-order valence-corrected chi connectivity index (χ1v) is 3.50. The van der Waals surface area contributed by atoms with Crippen molar-refractivity contribution in [2.75, 3.05) is 5.43 Å². The van der Waals surface area contributed by atoms with Crippen LogP contribution in [0.3, 0.4) is 0 Å². The molecule has 0 aliphatic carbocycles.